The molecule has 0 atom stereocenters. The topological polar surface area (TPSA) is 85.4 Å². The van der Waals surface area contributed by atoms with E-state index in [-0.39, 0.29) is 17.5 Å². The van der Waals surface area contributed by atoms with Gasteiger partial charge in [-0.25, -0.2) is 9.97 Å². The standard InChI is InChI=1S/C19H24N6O2/c1-23(2)8-4-5-18(26)25-11-15(12-25)24(3)17-9-14(10-21-19(17)27)16-6-7-20-13-22-16/h4-7,9-10,13,15H,8,11-12H2,1-3H3,(H,21,27)/b5-4+. The second kappa shape index (κ2) is 8.13. The Morgan fingerprint density at radius 1 is 1.37 bits per heavy atom. The fourth-order valence-electron chi connectivity index (χ4n) is 2.89. The zero-order valence-corrected chi connectivity index (χ0v) is 15.8. The van der Waals surface area contributed by atoms with Gasteiger partial charge in [0.2, 0.25) is 5.91 Å². The average molecular weight is 368 g/mol. The molecule has 8 heteroatoms. The van der Waals surface area contributed by atoms with Crippen molar-refractivity contribution in [1.29, 1.82) is 0 Å². The number of rotatable bonds is 6. The Hall–Kier alpha value is -3.00. The van der Waals surface area contributed by atoms with E-state index in [0.717, 1.165) is 17.8 Å². The van der Waals surface area contributed by atoms with Gasteiger partial charge in [0.25, 0.3) is 5.56 Å². The minimum absolute atomic E-state index is 0.00476. The van der Waals surface area contributed by atoms with Crippen molar-refractivity contribution in [1.82, 2.24) is 24.8 Å². The van der Waals surface area contributed by atoms with Crippen molar-refractivity contribution in [3.8, 4) is 11.3 Å². The Morgan fingerprint density at radius 3 is 2.81 bits per heavy atom. The van der Waals surface area contributed by atoms with Crippen molar-refractivity contribution in [3.63, 3.8) is 0 Å². The predicted octanol–water partition coefficient (Wildman–Crippen LogP) is 0.597. The van der Waals surface area contributed by atoms with Crippen LogP contribution in [0.3, 0.4) is 0 Å². The van der Waals surface area contributed by atoms with Crippen LogP contribution in [0.15, 0.2) is 47.8 Å². The first kappa shape index (κ1) is 18.8. The summed E-state index contributed by atoms with van der Waals surface area (Å²) in [6.45, 7) is 1.92. The summed E-state index contributed by atoms with van der Waals surface area (Å²) < 4.78 is 0. The lowest BCUT2D eigenvalue weighted by Gasteiger charge is -2.44. The lowest BCUT2D eigenvalue weighted by Crippen LogP contribution is -2.60. The summed E-state index contributed by atoms with van der Waals surface area (Å²) in [4.78, 5) is 41.0. The number of aromatic nitrogens is 3. The van der Waals surface area contributed by atoms with E-state index in [1.54, 1.807) is 29.4 Å². The lowest BCUT2D eigenvalue weighted by atomic mass is 10.1. The van der Waals surface area contributed by atoms with Crippen molar-refractivity contribution in [2.75, 3.05) is 45.7 Å². The Morgan fingerprint density at radius 2 is 2.15 bits per heavy atom. The van der Waals surface area contributed by atoms with Crippen molar-refractivity contribution in [2.45, 2.75) is 6.04 Å². The van der Waals surface area contributed by atoms with E-state index in [9.17, 15) is 9.59 Å². The molecule has 0 aliphatic carbocycles. The van der Waals surface area contributed by atoms with Crippen LogP contribution in [0.2, 0.25) is 0 Å². The molecule has 2 aromatic heterocycles. The van der Waals surface area contributed by atoms with Crippen LogP contribution in [-0.4, -0.2) is 77.5 Å². The van der Waals surface area contributed by atoms with Gasteiger partial charge in [0, 0.05) is 50.7 Å². The Kier molecular flexibility index (Phi) is 5.66. The summed E-state index contributed by atoms with van der Waals surface area (Å²) >= 11 is 0. The summed E-state index contributed by atoms with van der Waals surface area (Å²) in [6.07, 6.45) is 8.25. The van der Waals surface area contributed by atoms with E-state index in [0.29, 0.717) is 18.8 Å². The Bertz CT molecular complexity index is 871. The Labute approximate surface area is 158 Å². The van der Waals surface area contributed by atoms with Gasteiger partial charge in [-0.1, -0.05) is 6.08 Å². The zero-order valence-electron chi connectivity index (χ0n) is 15.8. The number of anilines is 1. The highest BCUT2D eigenvalue weighted by atomic mass is 16.2. The molecular formula is C19H24N6O2. The van der Waals surface area contributed by atoms with Gasteiger partial charge in [-0.15, -0.1) is 0 Å². The molecule has 27 heavy (non-hydrogen) atoms. The van der Waals surface area contributed by atoms with Gasteiger partial charge in [-0.3, -0.25) is 9.59 Å². The number of nitrogens with zero attached hydrogens (tertiary/aromatic N) is 5. The number of pyridine rings is 1. The summed E-state index contributed by atoms with van der Waals surface area (Å²) in [7, 11) is 5.79. The fourth-order valence-corrected chi connectivity index (χ4v) is 2.89. The molecule has 0 spiro atoms. The average Bonchev–Trinajstić information content (AvgIpc) is 2.61. The molecule has 1 fully saturated rings. The summed E-state index contributed by atoms with van der Waals surface area (Å²) in [5.74, 6) is 0.00476. The first-order valence-electron chi connectivity index (χ1n) is 8.78. The number of hydrogen-bond donors (Lipinski definition) is 1. The van der Waals surface area contributed by atoms with E-state index < -0.39 is 0 Å². The van der Waals surface area contributed by atoms with Crippen molar-refractivity contribution >= 4 is 11.6 Å². The number of amides is 1. The second-order valence-corrected chi connectivity index (χ2v) is 6.87. The molecule has 1 aliphatic heterocycles. The zero-order chi connectivity index (χ0) is 19.4. The molecule has 0 radical (unpaired) electrons. The maximum absolute atomic E-state index is 12.3. The highest BCUT2D eigenvalue weighted by Gasteiger charge is 2.33. The molecule has 0 saturated carbocycles. The molecule has 1 amide bonds. The molecule has 3 rings (SSSR count). The normalized spacial score (nSPS) is 14.6. The van der Waals surface area contributed by atoms with Crippen LogP contribution in [0.25, 0.3) is 11.3 Å². The molecule has 0 aromatic carbocycles. The second-order valence-electron chi connectivity index (χ2n) is 6.87. The van der Waals surface area contributed by atoms with Crippen LogP contribution in [0, 0.1) is 0 Å². The number of carbonyl (C=O) groups is 1. The summed E-state index contributed by atoms with van der Waals surface area (Å²) in [5.41, 5.74) is 1.96. The summed E-state index contributed by atoms with van der Waals surface area (Å²) in [6, 6.07) is 3.72. The SMILES string of the molecule is CN(C)C/C=C/C(=O)N1CC(N(C)c2cc(-c3ccncn3)c[nH]c2=O)C1. The van der Waals surface area contributed by atoms with Gasteiger partial charge in [0.05, 0.1) is 11.7 Å². The highest BCUT2D eigenvalue weighted by molar-refractivity contribution is 5.88. The van der Waals surface area contributed by atoms with Crippen LogP contribution < -0.4 is 10.5 Å². The minimum Gasteiger partial charge on any atom is -0.364 e. The molecule has 1 saturated heterocycles. The Balaban J connectivity index is 1.66. The van der Waals surface area contributed by atoms with Crippen LogP contribution in [0.1, 0.15) is 0 Å². The number of aromatic amines is 1. The lowest BCUT2D eigenvalue weighted by molar-refractivity contribution is -0.130. The first-order chi connectivity index (χ1) is 13.0. The van der Waals surface area contributed by atoms with Crippen molar-refractivity contribution in [3.05, 3.63) is 53.4 Å². The molecule has 0 unspecified atom stereocenters. The van der Waals surface area contributed by atoms with E-state index in [1.807, 2.05) is 43.1 Å². The number of hydrogen-bond acceptors (Lipinski definition) is 6. The molecule has 8 nitrogen and oxygen atoms in total. The summed E-state index contributed by atoms with van der Waals surface area (Å²) in [5, 5.41) is 0. The van der Waals surface area contributed by atoms with Gasteiger partial charge >= 0.3 is 0 Å². The maximum Gasteiger partial charge on any atom is 0.271 e. The number of nitrogens with one attached hydrogen (secondary N) is 1. The molecule has 0 bridgehead atoms. The largest absolute Gasteiger partial charge is 0.364 e. The molecule has 142 valence electrons. The maximum atomic E-state index is 12.3. The van der Waals surface area contributed by atoms with Crippen LogP contribution >= 0.6 is 0 Å². The number of likely N-dealkylation sites (tertiary alicyclic amines) is 1. The number of H-pyrrole nitrogens is 1. The van der Waals surface area contributed by atoms with Gasteiger partial charge in [0.15, 0.2) is 0 Å². The monoisotopic (exact) mass is 368 g/mol. The van der Waals surface area contributed by atoms with E-state index in [1.165, 1.54) is 6.33 Å². The van der Waals surface area contributed by atoms with Crippen LogP contribution in [-0.2, 0) is 4.79 Å². The molecule has 1 aliphatic rings. The first-order valence-corrected chi connectivity index (χ1v) is 8.78. The van der Waals surface area contributed by atoms with Gasteiger partial charge in [-0.05, 0) is 26.2 Å². The quantitative estimate of drug-likeness (QED) is 0.752. The third-order valence-corrected chi connectivity index (χ3v) is 4.59. The van der Waals surface area contributed by atoms with E-state index in [4.69, 9.17) is 0 Å². The third-order valence-electron chi connectivity index (χ3n) is 4.59. The van der Waals surface area contributed by atoms with Gasteiger partial charge < -0.3 is 19.7 Å². The molecular weight excluding hydrogens is 344 g/mol. The van der Waals surface area contributed by atoms with Crippen molar-refractivity contribution < 1.29 is 4.79 Å². The van der Waals surface area contributed by atoms with E-state index in [2.05, 4.69) is 15.0 Å². The number of carbonyl (C=O) groups excluding carboxylic acids is 1. The molecule has 2 aromatic rings. The fraction of sp³-hybridized carbons (Fsp3) is 0.368. The van der Waals surface area contributed by atoms with Gasteiger partial charge in [0.1, 0.15) is 12.0 Å². The molecule has 3 heterocycles. The van der Waals surface area contributed by atoms with Crippen LogP contribution in [0.5, 0.6) is 0 Å². The van der Waals surface area contributed by atoms with E-state index >= 15 is 0 Å². The smallest absolute Gasteiger partial charge is 0.271 e. The van der Waals surface area contributed by atoms with Crippen molar-refractivity contribution in [2.24, 2.45) is 0 Å². The predicted molar refractivity (Wildman–Crippen MR) is 105 cm³/mol. The number of likely N-dealkylation sites (N-methyl/N-ethyl adjacent to an activating group) is 2. The minimum atomic E-state index is -0.161. The molecule has 1 N–H and O–H groups in total. The van der Waals surface area contributed by atoms with Crippen LogP contribution in [0.4, 0.5) is 5.69 Å². The third kappa shape index (κ3) is 4.40. The highest BCUT2D eigenvalue weighted by Crippen LogP contribution is 2.22. The van der Waals surface area contributed by atoms with Gasteiger partial charge in [-0.2, -0.15) is 0 Å².